The molecule has 0 spiro atoms. The van der Waals surface area contributed by atoms with Crippen molar-refractivity contribution in [1.82, 2.24) is 4.90 Å². The van der Waals surface area contributed by atoms with Crippen molar-refractivity contribution in [3.8, 4) is 0 Å². The molecule has 0 aliphatic carbocycles. The highest BCUT2D eigenvalue weighted by atomic mass is 16.5. The maximum absolute atomic E-state index is 11.6. The number of ether oxygens (including phenoxy) is 1. The summed E-state index contributed by atoms with van der Waals surface area (Å²) >= 11 is 0. The van der Waals surface area contributed by atoms with Crippen LogP contribution in [0.15, 0.2) is 0 Å². The Morgan fingerprint density at radius 2 is 2.25 bits per heavy atom. The van der Waals surface area contributed by atoms with Crippen LogP contribution in [-0.2, 0) is 9.53 Å². The van der Waals surface area contributed by atoms with E-state index in [1.807, 2.05) is 6.92 Å². The van der Waals surface area contributed by atoms with Gasteiger partial charge < -0.3 is 15.4 Å². The van der Waals surface area contributed by atoms with E-state index in [1.54, 1.807) is 0 Å². The van der Waals surface area contributed by atoms with Crippen molar-refractivity contribution in [2.75, 3.05) is 19.7 Å². The highest BCUT2D eigenvalue weighted by molar-refractivity contribution is 5.76. The Labute approximate surface area is 95.9 Å². The number of unbranched alkanes of at least 4 members (excludes halogenated alkanes) is 1. The standard InChI is InChI=1S/C11H20N2O3/c1-2-3-7-16-10(14)9-5-4-6-13(8-9)11(12)15/h9H,2-8H2,1H3,(H2,12,15). The number of amides is 2. The molecule has 0 aromatic carbocycles. The minimum Gasteiger partial charge on any atom is -0.465 e. The smallest absolute Gasteiger partial charge is 0.314 e. The number of esters is 1. The first-order valence-electron chi connectivity index (χ1n) is 5.86. The van der Waals surface area contributed by atoms with E-state index in [-0.39, 0.29) is 11.9 Å². The summed E-state index contributed by atoms with van der Waals surface area (Å²) in [7, 11) is 0. The zero-order valence-corrected chi connectivity index (χ0v) is 9.78. The molecule has 1 aliphatic heterocycles. The van der Waals surface area contributed by atoms with Gasteiger partial charge in [-0.1, -0.05) is 13.3 Å². The summed E-state index contributed by atoms with van der Waals surface area (Å²) in [4.78, 5) is 24.1. The van der Waals surface area contributed by atoms with E-state index in [2.05, 4.69) is 0 Å². The molecule has 1 heterocycles. The number of piperidine rings is 1. The number of hydrogen-bond acceptors (Lipinski definition) is 3. The highest BCUT2D eigenvalue weighted by Crippen LogP contribution is 2.17. The second-order valence-electron chi connectivity index (χ2n) is 4.14. The third kappa shape index (κ3) is 3.72. The van der Waals surface area contributed by atoms with Gasteiger partial charge in [0.15, 0.2) is 0 Å². The van der Waals surface area contributed by atoms with Crippen LogP contribution in [0.4, 0.5) is 4.79 Å². The van der Waals surface area contributed by atoms with Gasteiger partial charge in [0.25, 0.3) is 0 Å². The Kier molecular flexibility index (Phi) is 5.08. The maximum Gasteiger partial charge on any atom is 0.314 e. The van der Waals surface area contributed by atoms with Gasteiger partial charge in [0.1, 0.15) is 0 Å². The number of carbonyl (C=O) groups excluding carboxylic acids is 2. The third-order valence-electron chi connectivity index (χ3n) is 2.81. The van der Waals surface area contributed by atoms with Crippen LogP contribution in [0.5, 0.6) is 0 Å². The number of likely N-dealkylation sites (tertiary alicyclic amines) is 1. The van der Waals surface area contributed by atoms with Crippen LogP contribution in [-0.4, -0.2) is 36.6 Å². The number of rotatable bonds is 4. The highest BCUT2D eigenvalue weighted by Gasteiger charge is 2.28. The fourth-order valence-electron chi connectivity index (χ4n) is 1.80. The summed E-state index contributed by atoms with van der Waals surface area (Å²) < 4.78 is 5.13. The average molecular weight is 228 g/mol. The SMILES string of the molecule is CCCCOC(=O)C1CCCN(C(N)=O)C1. The molecule has 0 aromatic heterocycles. The van der Waals surface area contributed by atoms with E-state index in [9.17, 15) is 9.59 Å². The number of urea groups is 1. The van der Waals surface area contributed by atoms with Gasteiger partial charge in [0, 0.05) is 13.1 Å². The molecule has 5 heteroatoms. The van der Waals surface area contributed by atoms with E-state index in [4.69, 9.17) is 10.5 Å². The maximum atomic E-state index is 11.6. The predicted molar refractivity (Wildman–Crippen MR) is 59.7 cm³/mol. The van der Waals surface area contributed by atoms with Gasteiger partial charge >= 0.3 is 12.0 Å². The summed E-state index contributed by atoms with van der Waals surface area (Å²) in [5.74, 6) is -0.391. The van der Waals surface area contributed by atoms with Crippen molar-refractivity contribution in [2.24, 2.45) is 11.7 Å². The van der Waals surface area contributed by atoms with Crippen molar-refractivity contribution in [2.45, 2.75) is 32.6 Å². The summed E-state index contributed by atoms with van der Waals surface area (Å²) in [5.41, 5.74) is 5.19. The van der Waals surface area contributed by atoms with Crippen molar-refractivity contribution >= 4 is 12.0 Å². The molecule has 0 aromatic rings. The number of hydrogen-bond donors (Lipinski definition) is 1. The minimum absolute atomic E-state index is 0.195. The second kappa shape index (κ2) is 6.35. The molecule has 2 N–H and O–H groups in total. The normalized spacial score (nSPS) is 20.6. The zero-order chi connectivity index (χ0) is 12.0. The van der Waals surface area contributed by atoms with Gasteiger partial charge in [-0.3, -0.25) is 4.79 Å². The van der Waals surface area contributed by atoms with Crippen LogP contribution < -0.4 is 5.73 Å². The van der Waals surface area contributed by atoms with E-state index >= 15 is 0 Å². The lowest BCUT2D eigenvalue weighted by Crippen LogP contribution is -2.45. The molecule has 0 saturated carbocycles. The van der Waals surface area contributed by atoms with Crippen LogP contribution in [0.25, 0.3) is 0 Å². The van der Waals surface area contributed by atoms with Crippen LogP contribution >= 0.6 is 0 Å². The summed E-state index contributed by atoms with van der Waals surface area (Å²) in [6.07, 6.45) is 3.49. The Bertz CT molecular complexity index is 256. The van der Waals surface area contributed by atoms with Gasteiger partial charge in [0.05, 0.1) is 12.5 Å². The molecular weight excluding hydrogens is 208 g/mol. The quantitative estimate of drug-likeness (QED) is 0.579. The first-order valence-corrected chi connectivity index (χ1v) is 5.86. The summed E-state index contributed by atoms with van der Waals surface area (Å²) in [6.45, 7) is 3.57. The molecule has 1 fully saturated rings. The topological polar surface area (TPSA) is 72.6 Å². The van der Waals surface area contributed by atoms with Crippen molar-refractivity contribution in [3.05, 3.63) is 0 Å². The van der Waals surface area contributed by atoms with Gasteiger partial charge in [-0.05, 0) is 19.3 Å². The number of nitrogens with two attached hydrogens (primary N) is 1. The second-order valence-corrected chi connectivity index (χ2v) is 4.14. The van der Waals surface area contributed by atoms with Gasteiger partial charge in [-0.25, -0.2) is 4.79 Å². The van der Waals surface area contributed by atoms with Crippen molar-refractivity contribution < 1.29 is 14.3 Å². The Balaban J connectivity index is 2.35. The number of carbonyl (C=O) groups is 2. The fraction of sp³-hybridized carbons (Fsp3) is 0.818. The van der Waals surface area contributed by atoms with E-state index in [0.29, 0.717) is 19.7 Å². The Morgan fingerprint density at radius 1 is 1.50 bits per heavy atom. The predicted octanol–water partition coefficient (Wildman–Crippen LogP) is 1.12. The zero-order valence-electron chi connectivity index (χ0n) is 9.78. The number of primary amides is 1. The Hall–Kier alpha value is -1.26. The van der Waals surface area contributed by atoms with E-state index in [0.717, 1.165) is 25.7 Å². The monoisotopic (exact) mass is 228 g/mol. The van der Waals surface area contributed by atoms with Crippen LogP contribution in [0.1, 0.15) is 32.6 Å². The lowest BCUT2D eigenvalue weighted by atomic mass is 9.98. The summed E-state index contributed by atoms with van der Waals surface area (Å²) in [6, 6.07) is -0.453. The van der Waals surface area contributed by atoms with E-state index < -0.39 is 6.03 Å². The van der Waals surface area contributed by atoms with Crippen molar-refractivity contribution in [1.29, 1.82) is 0 Å². The molecule has 16 heavy (non-hydrogen) atoms. The number of nitrogens with zero attached hydrogens (tertiary/aromatic N) is 1. The molecular formula is C11H20N2O3. The first-order chi connectivity index (χ1) is 7.65. The fourth-order valence-corrected chi connectivity index (χ4v) is 1.80. The first kappa shape index (κ1) is 12.8. The molecule has 0 radical (unpaired) electrons. The molecule has 1 saturated heterocycles. The van der Waals surface area contributed by atoms with E-state index in [1.165, 1.54) is 4.90 Å². The van der Waals surface area contributed by atoms with Crippen LogP contribution in [0.2, 0.25) is 0 Å². The molecule has 1 rings (SSSR count). The molecule has 1 aliphatic rings. The largest absolute Gasteiger partial charge is 0.465 e. The lowest BCUT2D eigenvalue weighted by molar-refractivity contribution is -0.150. The van der Waals surface area contributed by atoms with Gasteiger partial charge in [-0.2, -0.15) is 0 Å². The molecule has 2 amide bonds. The molecule has 92 valence electrons. The third-order valence-corrected chi connectivity index (χ3v) is 2.81. The van der Waals surface area contributed by atoms with Crippen molar-refractivity contribution in [3.63, 3.8) is 0 Å². The van der Waals surface area contributed by atoms with Crippen LogP contribution in [0.3, 0.4) is 0 Å². The lowest BCUT2D eigenvalue weighted by Gasteiger charge is -2.30. The summed E-state index contributed by atoms with van der Waals surface area (Å²) in [5, 5.41) is 0. The Morgan fingerprint density at radius 3 is 2.88 bits per heavy atom. The van der Waals surface area contributed by atoms with Gasteiger partial charge in [-0.15, -0.1) is 0 Å². The molecule has 1 atom stereocenters. The molecule has 5 nitrogen and oxygen atoms in total. The molecule has 0 bridgehead atoms. The minimum atomic E-state index is -0.453. The van der Waals surface area contributed by atoms with Crippen LogP contribution in [0, 0.1) is 5.92 Å². The average Bonchev–Trinajstić information content (AvgIpc) is 2.29. The molecule has 1 unspecified atom stereocenters. The van der Waals surface area contributed by atoms with Gasteiger partial charge in [0.2, 0.25) is 0 Å².